The Bertz CT molecular complexity index is 752. The number of benzene rings is 1. The summed E-state index contributed by atoms with van der Waals surface area (Å²) in [5.41, 5.74) is 1.64. The fourth-order valence-corrected chi connectivity index (χ4v) is 2.93. The van der Waals surface area contributed by atoms with Crippen molar-refractivity contribution in [3.05, 3.63) is 35.7 Å². The van der Waals surface area contributed by atoms with Crippen LogP contribution in [-0.4, -0.2) is 39.0 Å². The molecular formula is C19H25N3O3S. The number of likely N-dealkylation sites (tertiary alicyclic amines) is 1. The molecule has 0 N–H and O–H groups in total. The molecule has 2 aromatic rings. The SMILES string of the molecule is CC(C)(C)OC(=O)N1CC[C@H]1c1nc(-c2ccc(CCCS)cc2)no1. The lowest BCUT2D eigenvalue weighted by molar-refractivity contribution is -0.0119. The van der Waals surface area contributed by atoms with E-state index in [1.165, 1.54) is 5.56 Å². The van der Waals surface area contributed by atoms with Gasteiger partial charge in [-0.05, 0) is 51.3 Å². The van der Waals surface area contributed by atoms with Gasteiger partial charge in [0.05, 0.1) is 0 Å². The summed E-state index contributed by atoms with van der Waals surface area (Å²) in [7, 11) is 0. The fraction of sp³-hybridized carbons (Fsp3) is 0.526. The van der Waals surface area contributed by atoms with Crippen molar-refractivity contribution < 1.29 is 14.1 Å². The number of carbonyl (C=O) groups excluding carboxylic acids is 1. The van der Waals surface area contributed by atoms with E-state index in [9.17, 15) is 4.79 Å². The van der Waals surface area contributed by atoms with Crippen molar-refractivity contribution in [2.24, 2.45) is 0 Å². The molecule has 1 saturated heterocycles. The van der Waals surface area contributed by atoms with Crippen LogP contribution in [0.2, 0.25) is 0 Å². The van der Waals surface area contributed by atoms with Crippen LogP contribution < -0.4 is 0 Å². The second kappa shape index (κ2) is 7.70. The Morgan fingerprint density at radius 1 is 1.35 bits per heavy atom. The molecule has 3 rings (SSSR count). The zero-order valence-electron chi connectivity index (χ0n) is 15.4. The third kappa shape index (κ3) is 4.38. The number of nitrogens with zero attached hydrogens (tertiary/aromatic N) is 3. The second-order valence-corrected chi connectivity index (χ2v) is 7.91. The van der Waals surface area contributed by atoms with Crippen molar-refractivity contribution in [2.45, 2.75) is 51.7 Å². The highest BCUT2D eigenvalue weighted by Gasteiger charge is 2.39. The van der Waals surface area contributed by atoms with Crippen molar-refractivity contribution in [2.75, 3.05) is 12.3 Å². The molecule has 6 nitrogen and oxygen atoms in total. The van der Waals surface area contributed by atoms with E-state index in [1.807, 2.05) is 32.9 Å². The minimum atomic E-state index is -0.522. The van der Waals surface area contributed by atoms with Crippen LogP contribution in [0.5, 0.6) is 0 Å². The van der Waals surface area contributed by atoms with E-state index < -0.39 is 5.60 Å². The first-order chi connectivity index (χ1) is 12.4. The van der Waals surface area contributed by atoms with E-state index in [-0.39, 0.29) is 12.1 Å². The molecule has 1 atom stereocenters. The minimum absolute atomic E-state index is 0.208. The largest absolute Gasteiger partial charge is 0.444 e. The molecule has 1 fully saturated rings. The number of hydrogen-bond acceptors (Lipinski definition) is 6. The topological polar surface area (TPSA) is 68.5 Å². The van der Waals surface area contributed by atoms with Gasteiger partial charge in [-0.25, -0.2) is 4.79 Å². The molecule has 1 aromatic heterocycles. The Balaban J connectivity index is 1.67. The zero-order chi connectivity index (χ0) is 18.7. The van der Waals surface area contributed by atoms with E-state index in [4.69, 9.17) is 9.26 Å². The third-order valence-corrected chi connectivity index (χ3v) is 4.53. The molecule has 0 unspecified atom stereocenters. The Morgan fingerprint density at radius 3 is 2.65 bits per heavy atom. The predicted molar refractivity (Wildman–Crippen MR) is 102 cm³/mol. The number of ether oxygens (including phenoxy) is 1. The molecule has 1 aliphatic heterocycles. The van der Waals surface area contributed by atoms with E-state index in [0.29, 0.717) is 18.3 Å². The maximum atomic E-state index is 12.2. The van der Waals surface area contributed by atoms with Crippen molar-refractivity contribution in [3.8, 4) is 11.4 Å². The first-order valence-corrected chi connectivity index (χ1v) is 9.54. The van der Waals surface area contributed by atoms with Gasteiger partial charge in [0.1, 0.15) is 11.6 Å². The number of aromatic nitrogens is 2. The van der Waals surface area contributed by atoms with Crippen molar-refractivity contribution in [1.29, 1.82) is 0 Å². The van der Waals surface area contributed by atoms with E-state index in [1.54, 1.807) is 4.90 Å². The molecule has 0 spiro atoms. The predicted octanol–water partition coefficient (Wildman–Crippen LogP) is 4.28. The highest BCUT2D eigenvalue weighted by molar-refractivity contribution is 7.80. The summed E-state index contributed by atoms with van der Waals surface area (Å²) in [6.07, 6.45) is 2.51. The summed E-state index contributed by atoms with van der Waals surface area (Å²) < 4.78 is 10.8. The van der Waals surface area contributed by atoms with Crippen molar-refractivity contribution in [1.82, 2.24) is 15.0 Å². The van der Waals surface area contributed by atoms with Crippen LogP contribution in [0.25, 0.3) is 11.4 Å². The van der Waals surface area contributed by atoms with Crippen LogP contribution in [0.3, 0.4) is 0 Å². The quantitative estimate of drug-likeness (QED) is 0.790. The molecule has 2 heterocycles. The van der Waals surface area contributed by atoms with Crippen LogP contribution in [0, 0.1) is 0 Å². The van der Waals surface area contributed by atoms with Crippen molar-refractivity contribution >= 4 is 18.7 Å². The summed E-state index contributed by atoms with van der Waals surface area (Å²) in [6.45, 7) is 6.19. The maximum absolute atomic E-state index is 12.2. The lowest BCUT2D eigenvalue weighted by Gasteiger charge is -2.39. The van der Waals surface area contributed by atoms with Gasteiger partial charge in [0.15, 0.2) is 0 Å². The van der Waals surface area contributed by atoms with Gasteiger partial charge in [-0.1, -0.05) is 29.4 Å². The van der Waals surface area contributed by atoms with Crippen LogP contribution in [-0.2, 0) is 11.2 Å². The lowest BCUT2D eigenvalue weighted by atomic mass is 10.0. The van der Waals surface area contributed by atoms with Crippen LogP contribution in [0.15, 0.2) is 28.8 Å². The lowest BCUT2D eigenvalue weighted by Crippen LogP contribution is -2.47. The molecule has 7 heteroatoms. The molecule has 140 valence electrons. The highest BCUT2D eigenvalue weighted by atomic mass is 32.1. The van der Waals surface area contributed by atoms with Gasteiger partial charge in [-0.3, -0.25) is 4.90 Å². The zero-order valence-corrected chi connectivity index (χ0v) is 16.3. The first-order valence-electron chi connectivity index (χ1n) is 8.91. The van der Waals surface area contributed by atoms with Gasteiger partial charge in [0.25, 0.3) is 0 Å². The summed E-state index contributed by atoms with van der Waals surface area (Å²) >= 11 is 4.24. The average Bonchev–Trinajstić information content (AvgIpc) is 2.99. The number of rotatable bonds is 5. The standard InChI is InChI=1S/C19H25N3O3S/c1-19(2,3)24-18(23)22-11-10-15(22)17-20-16(21-25-17)14-8-6-13(7-9-14)5-4-12-26/h6-9,15,26H,4-5,10-12H2,1-3H3/t15-/m0/s1. The molecule has 0 saturated carbocycles. The summed E-state index contributed by atoms with van der Waals surface area (Å²) in [6, 6.07) is 7.93. The van der Waals surface area contributed by atoms with Gasteiger partial charge in [-0.15, -0.1) is 0 Å². The molecule has 26 heavy (non-hydrogen) atoms. The second-order valence-electron chi connectivity index (χ2n) is 7.46. The Hall–Kier alpha value is -2.02. The highest BCUT2D eigenvalue weighted by Crippen LogP contribution is 2.34. The number of aryl methyl sites for hydroxylation is 1. The van der Waals surface area contributed by atoms with E-state index in [0.717, 1.165) is 30.6 Å². The van der Waals surface area contributed by atoms with Gasteiger partial charge >= 0.3 is 6.09 Å². The van der Waals surface area contributed by atoms with Gasteiger partial charge in [-0.2, -0.15) is 17.6 Å². The molecule has 1 amide bonds. The monoisotopic (exact) mass is 375 g/mol. The molecule has 1 aromatic carbocycles. The van der Waals surface area contributed by atoms with Crippen molar-refractivity contribution in [3.63, 3.8) is 0 Å². The molecular weight excluding hydrogens is 350 g/mol. The number of amides is 1. The third-order valence-electron chi connectivity index (χ3n) is 4.21. The average molecular weight is 375 g/mol. The summed E-state index contributed by atoms with van der Waals surface area (Å²) in [4.78, 5) is 18.3. The van der Waals surface area contributed by atoms with E-state index >= 15 is 0 Å². The Labute approximate surface area is 159 Å². The number of thiol groups is 1. The fourth-order valence-electron chi connectivity index (χ4n) is 2.77. The maximum Gasteiger partial charge on any atom is 0.410 e. The summed E-state index contributed by atoms with van der Waals surface area (Å²) in [5, 5.41) is 4.07. The van der Waals surface area contributed by atoms with Crippen LogP contribution in [0.4, 0.5) is 4.79 Å². The van der Waals surface area contributed by atoms with Crippen LogP contribution >= 0.6 is 12.6 Å². The molecule has 0 aliphatic carbocycles. The Morgan fingerprint density at radius 2 is 2.08 bits per heavy atom. The molecule has 0 bridgehead atoms. The smallest absolute Gasteiger partial charge is 0.410 e. The van der Waals surface area contributed by atoms with Gasteiger partial charge in [0.2, 0.25) is 11.7 Å². The molecule has 0 radical (unpaired) electrons. The molecule has 1 aliphatic rings. The normalized spacial score (nSPS) is 17.1. The summed E-state index contributed by atoms with van der Waals surface area (Å²) in [5.74, 6) is 1.87. The minimum Gasteiger partial charge on any atom is -0.444 e. The first kappa shape index (κ1) is 18.8. The van der Waals surface area contributed by atoms with E-state index in [2.05, 4.69) is 34.9 Å². The van der Waals surface area contributed by atoms with Crippen LogP contribution in [0.1, 0.15) is 51.1 Å². The van der Waals surface area contributed by atoms with Gasteiger partial charge < -0.3 is 9.26 Å². The number of carbonyl (C=O) groups is 1. The van der Waals surface area contributed by atoms with Gasteiger partial charge in [0, 0.05) is 12.1 Å². The number of hydrogen-bond donors (Lipinski definition) is 1. The Kier molecular flexibility index (Phi) is 5.55.